The van der Waals surface area contributed by atoms with Gasteiger partial charge in [-0.1, -0.05) is 23.5 Å². The Kier molecular flexibility index (Phi) is 6.59. The van der Waals surface area contributed by atoms with Crippen LogP contribution in [0.3, 0.4) is 0 Å². The maximum atomic E-state index is 11.9. The molecular formula is C19H19N5O4S. The Morgan fingerprint density at radius 2 is 2.07 bits per heavy atom. The van der Waals surface area contributed by atoms with Crippen molar-refractivity contribution < 1.29 is 19.1 Å². The van der Waals surface area contributed by atoms with Crippen LogP contribution in [0.1, 0.15) is 5.56 Å². The minimum Gasteiger partial charge on any atom is -0.493 e. The summed E-state index contributed by atoms with van der Waals surface area (Å²) in [6, 6.07) is 12.7. The third-order valence-corrected chi connectivity index (χ3v) is 4.65. The number of carbonyl (C=O) groups is 2. The van der Waals surface area contributed by atoms with E-state index >= 15 is 0 Å². The summed E-state index contributed by atoms with van der Waals surface area (Å²) in [5.41, 5.74) is 9.06. The van der Waals surface area contributed by atoms with Gasteiger partial charge in [-0.15, -0.1) is 0 Å². The molecule has 2 aromatic carbocycles. The maximum absolute atomic E-state index is 11.9. The Bertz CT molecular complexity index is 1020. The first-order valence-corrected chi connectivity index (χ1v) is 9.37. The molecule has 4 N–H and O–H groups in total. The first-order valence-electron chi connectivity index (χ1n) is 8.55. The molecule has 3 rings (SSSR count). The van der Waals surface area contributed by atoms with Crippen molar-refractivity contribution in [2.24, 2.45) is 10.8 Å². The van der Waals surface area contributed by atoms with Crippen LogP contribution in [-0.2, 0) is 9.59 Å². The van der Waals surface area contributed by atoms with Gasteiger partial charge in [0.25, 0.3) is 11.8 Å². The van der Waals surface area contributed by atoms with E-state index in [-0.39, 0.29) is 19.1 Å². The molecule has 3 aromatic rings. The molecule has 9 nitrogen and oxygen atoms in total. The van der Waals surface area contributed by atoms with Gasteiger partial charge in [-0.25, -0.2) is 10.4 Å². The zero-order valence-corrected chi connectivity index (χ0v) is 16.4. The van der Waals surface area contributed by atoms with Gasteiger partial charge in [-0.3, -0.25) is 9.59 Å². The average molecular weight is 413 g/mol. The number of thiazole rings is 1. The number of benzene rings is 2. The number of nitrogens with one attached hydrogen (secondary N) is 2. The van der Waals surface area contributed by atoms with Crippen LogP contribution in [0.2, 0.25) is 0 Å². The predicted octanol–water partition coefficient (Wildman–Crippen LogP) is 1.73. The smallest absolute Gasteiger partial charge is 0.259 e. The van der Waals surface area contributed by atoms with Crippen molar-refractivity contribution in [1.82, 2.24) is 10.4 Å². The second-order valence-corrected chi connectivity index (χ2v) is 6.83. The molecule has 0 unspecified atom stereocenters. The summed E-state index contributed by atoms with van der Waals surface area (Å²) in [6.07, 6.45) is 1.47. The first-order chi connectivity index (χ1) is 14.0. The quantitative estimate of drug-likeness (QED) is 0.362. The first kappa shape index (κ1) is 20.1. The monoisotopic (exact) mass is 413 g/mol. The lowest BCUT2D eigenvalue weighted by atomic mass is 10.2. The number of hydrogen-bond donors (Lipinski definition) is 3. The zero-order valence-electron chi connectivity index (χ0n) is 15.5. The van der Waals surface area contributed by atoms with Gasteiger partial charge < -0.3 is 20.5 Å². The predicted molar refractivity (Wildman–Crippen MR) is 112 cm³/mol. The highest BCUT2D eigenvalue weighted by molar-refractivity contribution is 7.22. The lowest BCUT2D eigenvalue weighted by Gasteiger charge is -2.09. The minimum atomic E-state index is -0.583. The number of primary amides is 1. The van der Waals surface area contributed by atoms with Crippen LogP contribution in [0.4, 0.5) is 5.13 Å². The van der Waals surface area contributed by atoms with Crippen molar-refractivity contribution in [2.75, 3.05) is 25.6 Å². The van der Waals surface area contributed by atoms with E-state index in [1.807, 2.05) is 24.3 Å². The number of fused-ring (bicyclic) bond motifs is 1. The van der Waals surface area contributed by atoms with Crippen LogP contribution in [0.15, 0.2) is 47.6 Å². The molecule has 1 heterocycles. The Hall–Kier alpha value is -3.66. The highest BCUT2D eigenvalue weighted by atomic mass is 32.1. The fourth-order valence-electron chi connectivity index (χ4n) is 2.35. The third kappa shape index (κ3) is 5.66. The van der Waals surface area contributed by atoms with E-state index in [4.69, 9.17) is 15.2 Å². The summed E-state index contributed by atoms with van der Waals surface area (Å²) in [5.74, 6) is -0.0970. The van der Waals surface area contributed by atoms with E-state index in [1.165, 1.54) is 24.7 Å². The topological polar surface area (TPSA) is 128 Å². The van der Waals surface area contributed by atoms with Gasteiger partial charge in [-0.2, -0.15) is 5.10 Å². The highest BCUT2D eigenvalue weighted by Gasteiger charge is 2.07. The molecule has 0 aliphatic heterocycles. The minimum absolute atomic E-state index is 0.0420. The summed E-state index contributed by atoms with van der Waals surface area (Å²) in [6.45, 7) is -0.206. The van der Waals surface area contributed by atoms with Crippen LogP contribution >= 0.6 is 11.3 Å². The molecule has 0 radical (unpaired) electrons. The standard InChI is InChI=1S/C19H19N5O4S/c1-27-15-8-12(6-7-14(15)28-11-17(20)25)9-22-24-18(26)10-21-19-23-13-4-2-3-5-16(13)29-19/h2-9H,10-11H2,1H3,(H2,20,25)(H,21,23)(H,24,26)/b22-9-. The lowest BCUT2D eigenvalue weighted by molar-refractivity contribution is -0.120. The van der Waals surface area contributed by atoms with Gasteiger partial charge in [0, 0.05) is 0 Å². The number of methoxy groups -OCH3 is 1. The Morgan fingerprint density at radius 3 is 2.83 bits per heavy atom. The molecule has 0 bridgehead atoms. The maximum Gasteiger partial charge on any atom is 0.259 e. The molecule has 0 saturated carbocycles. The molecule has 29 heavy (non-hydrogen) atoms. The average Bonchev–Trinajstić information content (AvgIpc) is 3.14. The molecule has 0 fully saturated rings. The van der Waals surface area contributed by atoms with Gasteiger partial charge in [0.05, 0.1) is 30.1 Å². The normalized spacial score (nSPS) is 10.8. The zero-order chi connectivity index (χ0) is 20.6. The molecule has 0 saturated heterocycles. The van der Waals surface area contributed by atoms with Gasteiger partial charge in [-0.05, 0) is 35.9 Å². The van der Waals surface area contributed by atoms with Crippen LogP contribution in [-0.4, -0.2) is 43.3 Å². The van der Waals surface area contributed by atoms with Crippen LogP contribution in [0.25, 0.3) is 10.2 Å². The summed E-state index contributed by atoms with van der Waals surface area (Å²) in [5, 5.41) is 7.57. The number of amides is 2. The van der Waals surface area contributed by atoms with E-state index < -0.39 is 5.91 Å². The number of ether oxygens (including phenoxy) is 2. The van der Waals surface area contributed by atoms with Gasteiger partial charge in [0.2, 0.25) is 0 Å². The molecule has 2 amide bonds. The lowest BCUT2D eigenvalue weighted by Crippen LogP contribution is -2.25. The summed E-state index contributed by atoms with van der Waals surface area (Å²) >= 11 is 1.48. The summed E-state index contributed by atoms with van der Waals surface area (Å²) < 4.78 is 11.5. The molecule has 1 aromatic heterocycles. The summed E-state index contributed by atoms with van der Waals surface area (Å²) in [4.78, 5) is 27.2. The number of carbonyl (C=O) groups excluding carboxylic acids is 2. The fourth-order valence-corrected chi connectivity index (χ4v) is 3.22. The van der Waals surface area contributed by atoms with E-state index in [1.54, 1.807) is 18.2 Å². The third-order valence-electron chi connectivity index (χ3n) is 3.65. The SMILES string of the molecule is COc1cc(/C=N\NC(=O)CNc2nc3ccccc3s2)ccc1OCC(N)=O. The number of aromatic nitrogens is 1. The van der Waals surface area contributed by atoms with Crippen molar-refractivity contribution in [1.29, 1.82) is 0 Å². The number of hydrogen-bond acceptors (Lipinski definition) is 8. The Morgan fingerprint density at radius 1 is 1.24 bits per heavy atom. The van der Waals surface area contributed by atoms with Crippen molar-refractivity contribution in [2.45, 2.75) is 0 Å². The molecule has 0 aliphatic carbocycles. The Labute approximate surface area is 170 Å². The number of anilines is 1. The fraction of sp³-hybridized carbons (Fsp3) is 0.158. The molecule has 0 spiro atoms. The van der Waals surface area contributed by atoms with Gasteiger partial charge >= 0.3 is 0 Å². The largest absolute Gasteiger partial charge is 0.493 e. The number of nitrogens with two attached hydrogens (primary N) is 1. The second-order valence-electron chi connectivity index (χ2n) is 5.80. The molecular weight excluding hydrogens is 394 g/mol. The van der Waals surface area contributed by atoms with Gasteiger partial charge in [0.15, 0.2) is 23.2 Å². The van der Waals surface area contributed by atoms with Crippen molar-refractivity contribution >= 4 is 44.7 Å². The van der Waals surface area contributed by atoms with Crippen LogP contribution in [0.5, 0.6) is 11.5 Å². The van der Waals surface area contributed by atoms with Crippen LogP contribution < -0.4 is 25.9 Å². The molecule has 10 heteroatoms. The number of nitrogens with zero attached hydrogens (tertiary/aromatic N) is 2. The van der Waals surface area contributed by atoms with Gasteiger partial charge in [0.1, 0.15) is 0 Å². The molecule has 0 atom stereocenters. The van der Waals surface area contributed by atoms with Crippen molar-refractivity contribution in [3.63, 3.8) is 0 Å². The number of hydrazone groups is 1. The van der Waals surface area contributed by atoms with Crippen molar-refractivity contribution in [3.8, 4) is 11.5 Å². The van der Waals surface area contributed by atoms with E-state index in [9.17, 15) is 9.59 Å². The second kappa shape index (κ2) is 9.51. The number of rotatable bonds is 9. The van der Waals surface area contributed by atoms with E-state index in [2.05, 4.69) is 20.8 Å². The van der Waals surface area contributed by atoms with E-state index in [0.717, 1.165) is 10.2 Å². The molecule has 0 aliphatic rings. The number of para-hydroxylation sites is 1. The highest BCUT2D eigenvalue weighted by Crippen LogP contribution is 2.27. The van der Waals surface area contributed by atoms with Crippen molar-refractivity contribution in [3.05, 3.63) is 48.0 Å². The Balaban J connectivity index is 1.51. The van der Waals surface area contributed by atoms with Crippen LogP contribution in [0, 0.1) is 0 Å². The molecule has 150 valence electrons. The van der Waals surface area contributed by atoms with E-state index in [0.29, 0.717) is 22.2 Å². The summed E-state index contributed by atoms with van der Waals surface area (Å²) in [7, 11) is 1.48.